The summed E-state index contributed by atoms with van der Waals surface area (Å²) in [5.74, 6) is 0.686. The second-order valence-electron chi connectivity index (χ2n) is 5.70. The zero-order valence-corrected chi connectivity index (χ0v) is 12.3. The van der Waals surface area contributed by atoms with Crippen molar-refractivity contribution in [2.75, 3.05) is 19.6 Å². The van der Waals surface area contributed by atoms with Crippen LogP contribution in [0, 0.1) is 5.92 Å². The third kappa shape index (κ3) is 4.26. The Hall–Kier alpha value is -1.94. The maximum absolute atomic E-state index is 4.21. The van der Waals surface area contributed by atoms with Gasteiger partial charge in [-0.25, -0.2) is 4.98 Å². The topological polar surface area (TPSA) is 34.0 Å². The van der Waals surface area contributed by atoms with Crippen LogP contribution in [0.25, 0.3) is 6.08 Å². The number of nitrogens with zero attached hydrogens (tertiary/aromatic N) is 4. The summed E-state index contributed by atoms with van der Waals surface area (Å²) in [5, 5.41) is 4.21. The van der Waals surface area contributed by atoms with E-state index in [1.54, 1.807) is 6.33 Å². The normalized spacial score (nSPS) is 20.1. The third-order valence-electron chi connectivity index (χ3n) is 3.99. The molecule has 3 rings (SSSR count). The standard InChI is InChI=1S/C17H22N4/c1-2-6-16(7-3-1)8-4-10-20-11-5-9-17(12-20)13-21-15-18-14-19-21/h1-4,6-8,14-15,17H,5,9-13H2/b8-4+. The average Bonchev–Trinajstić information content (AvgIpc) is 3.02. The molecular weight excluding hydrogens is 260 g/mol. The predicted octanol–water partition coefficient (Wildman–Crippen LogP) is 2.70. The van der Waals surface area contributed by atoms with Gasteiger partial charge in [0.25, 0.3) is 0 Å². The number of likely N-dealkylation sites (tertiary alicyclic amines) is 1. The molecule has 0 spiro atoms. The molecule has 0 bridgehead atoms. The maximum atomic E-state index is 4.21. The van der Waals surface area contributed by atoms with Gasteiger partial charge in [-0.3, -0.25) is 9.58 Å². The van der Waals surface area contributed by atoms with E-state index in [-0.39, 0.29) is 0 Å². The Labute approximate surface area is 126 Å². The minimum Gasteiger partial charge on any atom is -0.299 e. The van der Waals surface area contributed by atoms with E-state index in [0.717, 1.165) is 19.6 Å². The Balaban J connectivity index is 1.48. The van der Waals surface area contributed by atoms with Gasteiger partial charge in [-0.05, 0) is 30.9 Å². The van der Waals surface area contributed by atoms with E-state index >= 15 is 0 Å². The van der Waals surface area contributed by atoms with Crippen LogP contribution in [0.4, 0.5) is 0 Å². The summed E-state index contributed by atoms with van der Waals surface area (Å²) in [6, 6.07) is 10.5. The van der Waals surface area contributed by atoms with Crippen molar-refractivity contribution >= 4 is 6.08 Å². The zero-order chi connectivity index (χ0) is 14.3. The average molecular weight is 282 g/mol. The number of rotatable bonds is 5. The fourth-order valence-electron chi connectivity index (χ4n) is 2.96. The summed E-state index contributed by atoms with van der Waals surface area (Å²) >= 11 is 0. The highest BCUT2D eigenvalue weighted by Gasteiger charge is 2.19. The first kappa shape index (κ1) is 14.0. The Bertz CT molecular complexity index is 547. The first-order valence-corrected chi connectivity index (χ1v) is 7.66. The Morgan fingerprint density at radius 1 is 1.24 bits per heavy atom. The molecule has 1 aliphatic heterocycles. The number of aromatic nitrogens is 3. The summed E-state index contributed by atoms with van der Waals surface area (Å²) in [6.45, 7) is 4.37. The number of hydrogen-bond acceptors (Lipinski definition) is 3. The van der Waals surface area contributed by atoms with E-state index in [4.69, 9.17) is 0 Å². The number of benzene rings is 1. The lowest BCUT2D eigenvalue weighted by molar-refractivity contribution is 0.174. The summed E-state index contributed by atoms with van der Waals surface area (Å²) in [5.41, 5.74) is 1.27. The van der Waals surface area contributed by atoms with Gasteiger partial charge in [-0.2, -0.15) is 5.10 Å². The molecule has 0 amide bonds. The predicted molar refractivity (Wildman–Crippen MR) is 84.7 cm³/mol. The fraction of sp³-hybridized carbons (Fsp3) is 0.412. The van der Waals surface area contributed by atoms with Gasteiger partial charge in [0.2, 0.25) is 0 Å². The van der Waals surface area contributed by atoms with Crippen molar-refractivity contribution in [3.63, 3.8) is 0 Å². The van der Waals surface area contributed by atoms with E-state index in [9.17, 15) is 0 Å². The molecule has 1 aromatic carbocycles. The molecule has 0 N–H and O–H groups in total. The first-order chi connectivity index (χ1) is 10.4. The first-order valence-electron chi connectivity index (χ1n) is 7.66. The second-order valence-corrected chi connectivity index (χ2v) is 5.70. The zero-order valence-electron chi connectivity index (χ0n) is 12.3. The minimum atomic E-state index is 0.686. The number of hydrogen-bond donors (Lipinski definition) is 0. The lowest BCUT2D eigenvalue weighted by atomic mass is 9.98. The van der Waals surface area contributed by atoms with Crippen LogP contribution in [-0.4, -0.2) is 39.3 Å². The quantitative estimate of drug-likeness (QED) is 0.845. The van der Waals surface area contributed by atoms with Crippen LogP contribution >= 0.6 is 0 Å². The highest BCUT2D eigenvalue weighted by Crippen LogP contribution is 2.17. The molecule has 1 unspecified atom stereocenters. The molecule has 1 fully saturated rings. The van der Waals surface area contributed by atoms with Crippen molar-refractivity contribution in [3.8, 4) is 0 Å². The molecule has 0 saturated carbocycles. The van der Waals surface area contributed by atoms with Crippen LogP contribution in [0.15, 0.2) is 49.1 Å². The van der Waals surface area contributed by atoms with Crippen LogP contribution in [0.3, 0.4) is 0 Å². The van der Waals surface area contributed by atoms with Gasteiger partial charge < -0.3 is 0 Å². The summed E-state index contributed by atoms with van der Waals surface area (Å²) in [7, 11) is 0. The molecular formula is C17H22N4. The Kier molecular flexibility index (Phi) is 4.79. The second kappa shape index (κ2) is 7.18. The van der Waals surface area contributed by atoms with Crippen molar-refractivity contribution in [3.05, 3.63) is 54.6 Å². The molecule has 0 radical (unpaired) electrons. The highest BCUT2D eigenvalue weighted by atomic mass is 15.3. The summed E-state index contributed by atoms with van der Waals surface area (Å²) in [6.07, 6.45) is 10.5. The Morgan fingerprint density at radius 2 is 2.14 bits per heavy atom. The van der Waals surface area contributed by atoms with Gasteiger partial charge in [0.05, 0.1) is 0 Å². The molecule has 2 heterocycles. The molecule has 4 nitrogen and oxygen atoms in total. The van der Waals surface area contributed by atoms with Crippen LogP contribution < -0.4 is 0 Å². The summed E-state index contributed by atoms with van der Waals surface area (Å²) in [4.78, 5) is 6.55. The molecule has 1 saturated heterocycles. The molecule has 4 heteroatoms. The van der Waals surface area contributed by atoms with Crippen LogP contribution in [0.5, 0.6) is 0 Å². The molecule has 1 aliphatic rings. The molecule has 1 atom stereocenters. The van der Waals surface area contributed by atoms with E-state index < -0.39 is 0 Å². The smallest absolute Gasteiger partial charge is 0.137 e. The van der Waals surface area contributed by atoms with E-state index in [1.807, 2.05) is 11.0 Å². The van der Waals surface area contributed by atoms with Crippen LogP contribution in [0.1, 0.15) is 18.4 Å². The van der Waals surface area contributed by atoms with Crippen molar-refractivity contribution in [1.29, 1.82) is 0 Å². The van der Waals surface area contributed by atoms with Gasteiger partial charge in [0, 0.05) is 19.6 Å². The van der Waals surface area contributed by atoms with E-state index in [0.29, 0.717) is 5.92 Å². The Morgan fingerprint density at radius 3 is 2.95 bits per heavy atom. The van der Waals surface area contributed by atoms with Crippen molar-refractivity contribution in [1.82, 2.24) is 19.7 Å². The maximum Gasteiger partial charge on any atom is 0.137 e. The van der Waals surface area contributed by atoms with Crippen molar-refractivity contribution < 1.29 is 0 Å². The van der Waals surface area contributed by atoms with Gasteiger partial charge in [0.15, 0.2) is 0 Å². The van der Waals surface area contributed by atoms with Crippen LogP contribution in [0.2, 0.25) is 0 Å². The van der Waals surface area contributed by atoms with Gasteiger partial charge in [-0.15, -0.1) is 0 Å². The number of piperidine rings is 1. The lowest BCUT2D eigenvalue weighted by Gasteiger charge is -2.31. The van der Waals surface area contributed by atoms with Crippen molar-refractivity contribution in [2.45, 2.75) is 19.4 Å². The monoisotopic (exact) mass is 282 g/mol. The van der Waals surface area contributed by atoms with Crippen LogP contribution in [-0.2, 0) is 6.54 Å². The largest absolute Gasteiger partial charge is 0.299 e. The van der Waals surface area contributed by atoms with Crippen molar-refractivity contribution in [2.24, 2.45) is 5.92 Å². The van der Waals surface area contributed by atoms with Gasteiger partial charge >= 0.3 is 0 Å². The molecule has 0 aliphatic carbocycles. The van der Waals surface area contributed by atoms with E-state index in [1.165, 1.54) is 24.9 Å². The van der Waals surface area contributed by atoms with E-state index in [2.05, 4.69) is 57.5 Å². The molecule has 2 aromatic rings. The molecule has 110 valence electrons. The summed E-state index contributed by atoms with van der Waals surface area (Å²) < 4.78 is 1.95. The SMILES string of the molecule is C(=C\c1ccccc1)/CN1CCCC(Cn2cncn2)C1. The third-order valence-corrected chi connectivity index (χ3v) is 3.99. The highest BCUT2D eigenvalue weighted by molar-refractivity contribution is 5.48. The van der Waals surface area contributed by atoms with Gasteiger partial charge in [-0.1, -0.05) is 42.5 Å². The minimum absolute atomic E-state index is 0.686. The van der Waals surface area contributed by atoms with Gasteiger partial charge in [0.1, 0.15) is 12.7 Å². The molecule has 1 aromatic heterocycles. The molecule has 21 heavy (non-hydrogen) atoms. The fourth-order valence-corrected chi connectivity index (χ4v) is 2.96. The lowest BCUT2D eigenvalue weighted by Crippen LogP contribution is -2.37.